The molecule has 0 aliphatic carbocycles. The van der Waals surface area contributed by atoms with Crippen molar-refractivity contribution in [2.24, 2.45) is 0 Å². The first kappa shape index (κ1) is 30.3. The Morgan fingerprint density at radius 3 is 1.45 bits per heavy atom. The van der Waals surface area contributed by atoms with Crippen LogP contribution < -0.4 is 0 Å². The SMILES string of the molecule is CC(C)(C)OOC(C)(C)C.CC(C)(C)c1ccccc1C(=O)OO.O=C(O)c1ccccc1. The van der Waals surface area contributed by atoms with Crippen molar-refractivity contribution in [3.05, 3.63) is 71.3 Å². The molecule has 184 valence electrons. The Bertz CT molecular complexity index is 841. The van der Waals surface area contributed by atoms with Crippen LogP contribution in [0.2, 0.25) is 0 Å². The zero-order valence-corrected chi connectivity index (χ0v) is 21.1. The van der Waals surface area contributed by atoms with Gasteiger partial charge in [0.2, 0.25) is 0 Å². The molecule has 0 saturated carbocycles. The summed E-state index contributed by atoms with van der Waals surface area (Å²) in [6, 6.07) is 15.4. The summed E-state index contributed by atoms with van der Waals surface area (Å²) in [5.41, 5.74) is 1.02. The van der Waals surface area contributed by atoms with Crippen molar-refractivity contribution in [2.75, 3.05) is 0 Å². The molecule has 0 aliphatic heterocycles. The molecule has 0 aromatic heterocycles. The van der Waals surface area contributed by atoms with Gasteiger partial charge in [0.05, 0.1) is 22.3 Å². The van der Waals surface area contributed by atoms with Crippen LogP contribution in [-0.4, -0.2) is 33.5 Å². The summed E-state index contributed by atoms with van der Waals surface area (Å²) in [7, 11) is 0. The summed E-state index contributed by atoms with van der Waals surface area (Å²) in [6.45, 7) is 17.7. The minimum absolute atomic E-state index is 0.148. The molecule has 0 unspecified atom stereocenters. The van der Waals surface area contributed by atoms with Crippen molar-refractivity contribution < 1.29 is 34.6 Å². The summed E-state index contributed by atoms with van der Waals surface area (Å²) in [5.74, 6) is -1.59. The van der Waals surface area contributed by atoms with Crippen LogP contribution in [0, 0.1) is 0 Å². The summed E-state index contributed by atoms with van der Waals surface area (Å²) in [4.78, 5) is 35.3. The van der Waals surface area contributed by atoms with E-state index in [0.29, 0.717) is 11.1 Å². The van der Waals surface area contributed by atoms with Gasteiger partial charge in [-0.3, -0.25) is 4.89 Å². The molecule has 0 atom stereocenters. The van der Waals surface area contributed by atoms with Crippen molar-refractivity contribution in [3.63, 3.8) is 0 Å². The van der Waals surface area contributed by atoms with Crippen molar-refractivity contribution in [1.29, 1.82) is 0 Å². The second-order valence-electron chi connectivity index (χ2n) is 10.2. The van der Waals surface area contributed by atoms with Crippen LogP contribution in [0.15, 0.2) is 54.6 Å². The largest absolute Gasteiger partial charge is 0.478 e. The van der Waals surface area contributed by atoms with Crippen LogP contribution in [0.5, 0.6) is 0 Å². The average molecular weight is 463 g/mol. The van der Waals surface area contributed by atoms with Gasteiger partial charge in [0.1, 0.15) is 0 Å². The molecule has 7 nitrogen and oxygen atoms in total. The van der Waals surface area contributed by atoms with E-state index in [1.54, 1.807) is 42.5 Å². The van der Waals surface area contributed by atoms with E-state index < -0.39 is 11.9 Å². The number of hydrogen-bond acceptors (Lipinski definition) is 6. The molecule has 2 rings (SSSR count). The van der Waals surface area contributed by atoms with E-state index in [1.165, 1.54) is 0 Å². The molecule has 0 heterocycles. The van der Waals surface area contributed by atoms with Crippen LogP contribution in [0.3, 0.4) is 0 Å². The third-order valence-corrected chi connectivity index (χ3v) is 3.60. The third kappa shape index (κ3) is 14.1. The number of aromatic carboxylic acids is 1. The lowest BCUT2D eigenvalue weighted by Crippen LogP contribution is -2.27. The quantitative estimate of drug-likeness (QED) is 0.395. The smallest absolute Gasteiger partial charge is 0.373 e. The number of hydrogen-bond donors (Lipinski definition) is 2. The van der Waals surface area contributed by atoms with E-state index in [2.05, 4.69) is 4.89 Å². The summed E-state index contributed by atoms with van der Waals surface area (Å²) >= 11 is 0. The van der Waals surface area contributed by atoms with E-state index in [4.69, 9.17) is 20.1 Å². The van der Waals surface area contributed by atoms with Gasteiger partial charge in [0.25, 0.3) is 0 Å². The molecule has 0 fully saturated rings. The van der Waals surface area contributed by atoms with Crippen LogP contribution >= 0.6 is 0 Å². The topological polar surface area (TPSA) is 102 Å². The summed E-state index contributed by atoms with van der Waals surface area (Å²) in [6.07, 6.45) is 0. The molecule has 0 bridgehead atoms. The molecule has 2 N–H and O–H groups in total. The molecule has 0 saturated heterocycles. The number of carbonyl (C=O) groups is 2. The molecular weight excluding hydrogens is 424 g/mol. The maximum Gasteiger partial charge on any atom is 0.373 e. The lowest BCUT2D eigenvalue weighted by atomic mass is 9.84. The van der Waals surface area contributed by atoms with E-state index in [0.717, 1.165) is 5.56 Å². The molecule has 2 aromatic carbocycles. The highest BCUT2D eigenvalue weighted by molar-refractivity contribution is 5.91. The molecular formula is C26H38O7. The van der Waals surface area contributed by atoms with Gasteiger partial charge in [-0.2, -0.15) is 5.26 Å². The molecule has 0 amide bonds. The number of carboxylic acids is 1. The van der Waals surface area contributed by atoms with E-state index in [9.17, 15) is 9.59 Å². The van der Waals surface area contributed by atoms with Gasteiger partial charge < -0.3 is 5.11 Å². The predicted molar refractivity (Wildman–Crippen MR) is 128 cm³/mol. The van der Waals surface area contributed by atoms with Gasteiger partial charge in [-0.05, 0) is 70.7 Å². The standard InChI is InChI=1S/C11H14O3.C8H18O2.C7H6O2/c1-11(2,3)9-7-5-4-6-8(9)10(12)14-13;1-7(2,3)9-10-8(4,5)6;8-7(9)6-4-2-1-3-5-6/h4-7,13H,1-3H3;1-6H3;1-5H,(H,8,9). The summed E-state index contributed by atoms with van der Waals surface area (Å²) in [5, 5.41) is 16.7. The lowest BCUT2D eigenvalue weighted by Gasteiger charge is -2.24. The maximum atomic E-state index is 11.2. The fourth-order valence-electron chi connectivity index (χ4n) is 2.20. The number of carboxylic acid groups (broad SMARTS) is 1. The highest BCUT2D eigenvalue weighted by atomic mass is 17.2. The molecule has 0 radical (unpaired) electrons. The lowest BCUT2D eigenvalue weighted by molar-refractivity contribution is -0.393. The highest BCUT2D eigenvalue weighted by Gasteiger charge is 2.22. The first-order valence-electron chi connectivity index (χ1n) is 10.6. The monoisotopic (exact) mass is 462 g/mol. The molecule has 7 heteroatoms. The second-order valence-corrected chi connectivity index (χ2v) is 10.2. The second kappa shape index (κ2) is 13.1. The Hall–Kier alpha value is -2.74. The minimum Gasteiger partial charge on any atom is -0.478 e. The van der Waals surface area contributed by atoms with Gasteiger partial charge in [-0.25, -0.2) is 19.4 Å². The van der Waals surface area contributed by atoms with Crippen LogP contribution in [-0.2, 0) is 20.1 Å². The Kier molecular flexibility index (Phi) is 12.0. The van der Waals surface area contributed by atoms with Crippen LogP contribution in [0.4, 0.5) is 0 Å². The van der Waals surface area contributed by atoms with Crippen LogP contribution in [0.25, 0.3) is 0 Å². The van der Waals surface area contributed by atoms with Gasteiger partial charge in [0.15, 0.2) is 0 Å². The minimum atomic E-state index is -0.879. The van der Waals surface area contributed by atoms with Gasteiger partial charge in [0, 0.05) is 0 Å². The Balaban J connectivity index is 0.000000481. The molecule has 0 aliphatic rings. The average Bonchev–Trinajstić information content (AvgIpc) is 2.72. The zero-order valence-electron chi connectivity index (χ0n) is 21.1. The van der Waals surface area contributed by atoms with Gasteiger partial charge >= 0.3 is 11.9 Å². The Morgan fingerprint density at radius 2 is 1.12 bits per heavy atom. The first-order valence-corrected chi connectivity index (χ1v) is 10.6. The van der Waals surface area contributed by atoms with Gasteiger partial charge in [-0.15, -0.1) is 0 Å². The number of rotatable bonds is 3. The van der Waals surface area contributed by atoms with Crippen molar-refractivity contribution in [3.8, 4) is 0 Å². The third-order valence-electron chi connectivity index (χ3n) is 3.60. The van der Waals surface area contributed by atoms with Crippen molar-refractivity contribution in [2.45, 2.75) is 78.9 Å². The zero-order chi connectivity index (χ0) is 25.9. The predicted octanol–water partition coefficient (Wildman–Crippen LogP) is 6.53. The highest BCUT2D eigenvalue weighted by Crippen LogP contribution is 2.25. The first-order chi connectivity index (χ1) is 15.0. The normalized spacial score (nSPS) is 11.3. The maximum absolute atomic E-state index is 11.2. The van der Waals surface area contributed by atoms with E-state index in [-0.39, 0.29) is 16.6 Å². The molecule has 33 heavy (non-hydrogen) atoms. The van der Waals surface area contributed by atoms with Gasteiger partial charge in [-0.1, -0.05) is 57.2 Å². The fraction of sp³-hybridized carbons (Fsp3) is 0.462. The number of benzene rings is 2. The van der Waals surface area contributed by atoms with E-state index in [1.807, 2.05) is 74.4 Å². The number of carbonyl (C=O) groups excluding carboxylic acids is 1. The van der Waals surface area contributed by atoms with Crippen LogP contribution in [0.1, 0.15) is 88.6 Å². The van der Waals surface area contributed by atoms with E-state index >= 15 is 0 Å². The Morgan fingerprint density at radius 1 is 0.697 bits per heavy atom. The molecule has 2 aromatic rings. The molecule has 0 spiro atoms. The fourth-order valence-corrected chi connectivity index (χ4v) is 2.20. The Labute approximate surface area is 197 Å². The van der Waals surface area contributed by atoms with Crippen molar-refractivity contribution >= 4 is 11.9 Å². The summed E-state index contributed by atoms with van der Waals surface area (Å²) < 4.78 is 0. The van der Waals surface area contributed by atoms with Crippen molar-refractivity contribution in [1.82, 2.24) is 0 Å².